The van der Waals surface area contributed by atoms with Gasteiger partial charge in [-0.05, 0) is 22.0 Å². The van der Waals surface area contributed by atoms with Crippen molar-refractivity contribution < 1.29 is 4.92 Å². The molecule has 0 aromatic heterocycles. The maximum Gasteiger partial charge on any atom is 0.285 e. The quantitative estimate of drug-likeness (QED) is 0.665. The summed E-state index contributed by atoms with van der Waals surface area (Å²) in [5.74, 6) is 0. The highest BCUT2D eigenvalue weighted by molar-refractivity contribution is 9.10. The van der Waals surface area contributed by atoms with E-state index in [-0.39, 0.29) is 10.6 Å². The molecule has 1 saturated heterocycles. The Kier molecular flexibility index (Phi) is 3.40. The second-order valence-electron chi connectivity index (χ2n) is 3.60. The SMILES string of the molecule is O=[N+]([O-])c1cccc(N2CCNCC2)c1Br. The van der Waals surface area contributed by atoms with Gasteiger partial charge in [-0.2, -0.15) is 0 Å². The van der Waals surface area contributed by atoms with Gasteiger partial charge in [0.25, 0.3) is 5.69 Å². The van der Waals surface area contributed by atoms with E-state index >= 15 is 0 Å². The zero-order valence-electron chi connectivity index (χ0n) is 8.65. The monoisotopic (exact) mass is 285 g/mol. The largest absolute Gasteiger partial charge is 0.368 e. The van der Waals surface area contributed by atoms with Crippen molar-refractivity contribution in [1.29, 1.82) is 0 Å². The maximum atomic E-state index is 10.8. The molecule has 5 nitrogen and oxygen atoms in total. The van der Waals surface area contributed by atoms with Crippen molar-refractivity contribution in [3.05, 3.63) is 32.8 Å². The van der Waals surface area contributed by atoms with E-state index in [4.69, 9.17) is 0 Å². The van der Waals surface area contributed by atoms with Crippen molar-refractivity contribution in [1.82, 2.24) is 5.32 Å². The van der Waals surface area contributed by atoms with Gasteiger partial charge in [0.1, 0.15) is 4.47 Å². The van der Waals surface area contributed by atoms with E-state index in [0.717, 1.165) is 31.9 Å². The molecule has 1 heterocycles. The van der Waals surface area contributed by atoms with Crippen LogP contribution in [0.15, 0.2) is 22.7 Å². The van der Waals surface area contributed by atoms with Crippen LogP contribution >= 0.6 is 15.9 Å². The molecule has 0 saturated carbocycles. The van der Waals surface area contributed by atoms with Crippen molar-refractivity contribution in [2.24, 2.45) is 0 Å². The van der Waals surface area contributed by atoms with Gasteiger partial charge in [-0.3, -0.25) is 10.1 Å². The number of benzene rings is 1. The molecule has 1 aliphatic heterocycles. The van der Waals surface area contributed by atoms with Crippen LogP contribution < -0.4 is 10.2 Å². The number of nitrogens with zero attached hydrogens (tertiary/aromatic N) is 2. The van der Waals surface area contributed by atoms with Gasteiger partial charge in [0.2, 0.25) is 0 Å². The Labute approximate surface area is 102 Å². The van der Waals surface area contributed by atoms with Crippen LogP contribution in [0.25, 0.3) is 0 Å². The number of nitro benzene ring substituents is 1. The highest BCUT2D eigenvalue weighted by Crippen LogP contribution is 2.34. The zero-order valence-corrected chi connectivity index (χ0v) is 10.2. The molecule has 2 rings (SSSR count). The average molecular weight is 286 g/mol. The van der Waals surface area contributed by atoms with E-state index in [0.29, 0.717) is 4.47 Å². The normalized spacial score (nSPS) is 16.2. The molecule has 1 aromatic carbocycles. The molecule has 0 radical (unpaired) electrons. The summed E-state index contributed by atoms with van der Waals surface area (Å²) in [5.41, 5.74) is 1.02. The van der Waals surface area contributed by atoms with Gasteiger partial charge in [0, 0.05) is 32.2 Å². The lowest BCUT2D eigenvalue weighted by Crippen LogP contribution is -2.43. The van der Waals surface area contributed by atoms with E-state index < -0.39 is 0 Å². The van der Waals surface area contributed by atoms with Crippen molar-refractivity contribution in [3.8, 4) is 0 Å². The fourth-order valence-electron chi connectivity index (χ4n) is 1.80. The molecule has 0 aliphatic carbocycles. The Morgan fingerprint density at radius 3 is 2.69 bits per heavy atom. The number of rotatable bonds is 2. The molecule has 0 bridgehead atoms. The summed E-state index contributed by atoms with van der Waals surface area (Å²) in [6.45, 7) is 3.57. The lowest BCUT2D eigenvalue weighted by atomic mass is 10.2. The van der Waals surface area contributed by atoms with Crippen molar-refractivity contribution in [2.75, 3.05) is 31.1 Å². The molecule has 1 aliphatic rings. The average Bonchev–Trinajstić information content (AvgIpc) is 2.30. The third kappa shape index (κ3) is 2.17. The van der Waals surface area contributed by atoms with Gasteiger partial charge in [-0.1, -0.05) is 6.07 Å². The number of nitro groups is 1. The molecule has 0 unspecified atom stereocenters. The van der Waals surface area contributed by atoms with Crippen LogP contribution in [0.5, 0.6) is 0 Å². The Bertz CT molecular complexity index is 405. The Hall–Kier alpha value is -1.14. The first kappa shape index (κ1) is 11.3. The number of piperazine rings is 1. The van der Waals surface area contributed by atoms with Crippen LogP contribution in [0.3, 0.4) is 0 Å². The predicted molar refractivity (Wildman–Crippen MR) is 65.9 cm³/mol. The summed E-state index contributed by atoms with van der Waals surface area (Å²) in [6, 6.07) is 5.14. The molecule has 86 valence electrons. The molecule has 0 amide bonds. The van der Waals surface area contributed by atoms with E-state index in [1.54, 1.807) is 6.07 Å². The van der Waals surface area contributed by atoms with Crippen LogP contribution in [0.2, 0.25) is 0 Å². The number of halogens is 1. The van der Waals surface area contributed by atoms with E-state index in [2.05, 4.69) is 26.1 Å². The van der Waals surface area contributed by atoms with E-state index in [1.807, 2.05) is 6.07 Å². The fourth-order valence-corrected chi connectivity index (χ4v) is 2.46. The van der Waals surface area contributed by atoms with Crippen LogP contribution in [0, 0.1) is 10.1 Å². The summed E-state index contributed by atoms with van der Waals surface area (Å²) in [4.78, 5) is 12.6. The smallest absolute Gasteiger partial charge is 0.285 e. The molecule has 6 heteroatoms. The molecular formula is C10H12BrN3O2. The van der Waals surface area contributed by atoms with Crippen molar-refractivity contribution in [3.63, 3.8) is 0 Å². The van der Waals surface area contributed by atoms with Crippen LogP contribution in [0.1, 0.15) is 0 Å². The summed E-state index contributed by atoms with van der Waals surface area (Å²) in [6.07, 6.45) is 0. The molecule has 1 N–H and O–H groups in total. The Morgan fingerprint density at radius 2 is 2.06 bits per heavy atom. The first-order chi connectivity index (χ1) is 7.70. The molecular weight excluding hydrogens is 274 g/mol. The minimum absolute atomic E-state index is 0.121. The van der Waals surface area contributed by atoms with Crippen LogP contribution in [0.4, 0.5) is 11.4 Å². The predicted octanol–water partition coefficient (Wildman–Crippen LogP) is 1.77. The lowest BCUT2D eigenvalue weighted by molar-refractivity contribution is -0.385. The Morgan fingerprint density at radius 1 is 1.38 bits per heavy atom. The highest BCUT2D eigenvalue weighted by atomic mass is 79.9. The fraction of sp³-hybridized carbons (Fsp3) is 0.400. The Balaban J connectivity index is 2.33. The molecule has 16 heavy (non-hydrogen) atoms. The molecule has 1 fully saturated rings. The maximum absolute atomic E-state index is 10.8. The molecule has 1 aromatic rings. The number of nitrogens with one attached hydrogen (secondary N) is 1. The van der Waals surface area contributed by atoms with Crippen LogP contribution in [-0.2, 0) is 0 Å². The third-order valence-corrected chi connectivity index (χ3v) is 3.42. The first-order valence-electron chi connectivity index (χ1n) is 5.08. The van der Waals surface area contributed by atoms with E-state index in [1.165, 1.54) is 6.07 Å². The van der Waals surface area contributed by atoms with Gasteiger partial charge in [-0.25, -0.2) is 0 Å². The van der Waals surface area contributed by atoms with Gasteiger partial charge in [0.05, 0.1) is 10.6 Å². The third-order valence-electron chi connectivity index (χ3n) is 2.61. The van der Waals surface area contributed by atoms with E-state index in [9.17, 15) is 10.1 Å². The minimum Gasteiger partial charge on any atom is -0.368 e. The standard InChI is InChI=1S/C10H12BrN3O2/c11-10-8(13-6-4-12-5-7-13)2-1-3-9(10)14(15)16/h1-3,12H,4-7H2. The minimum atomic E-state index is -0.365. The molecule has 0 spiro atoms. The first-order valence-corrected chi connectivity index (χ1v) is 5.88. The van der Waals surface area contributed by atoms with Crippen molar-refractivity contribution >= 4 is 27.3 Å². The van der Waals surface area contributed by atoms with Crippen LogP contribution in [-0.4, -0.2) is 31.1 Å². The van der Waals surface area contributed by atoms with Gasteiger partial charge in [0.15, 0.2) is 0 Å². The summed E-state index contributed by atoms with van der Waals surface area (Å²) >= 11 is 3.31. The number of hydrogen-bond donors (Lipinski definition) is 1. The van der Waals surface area contributed by atoms with Crippen molar-refractivity contribution in [2.45, 2.75) is 0 Å². The summed E-state index contributed by atoms with van der Waals surface area (Å²) in [7, 11) is 0. The second kappa shape index (κ2) is 4.80. The second-order valence-corrected chi connectivity index (χ2v) is 4.40. The highest BCUT2D eigenvalue weighted by Gasteiger charge is 2.19. The van der Waals surface area contributed by atoms with Gasteiger partial charge >= 0.3 is 0 Å². The molecule has 0 atom stereocenters. The summed E-state index contributed by atoms with van der Waals surface area (Å²) in [5, 5.41) is 14.1. The summed E-state index contributed by atoms with van der Waals surface area (Å²) < 4.78 is 0.571. The van der Waals surface area contributed by atoms with Gasteiger partial charge < -0.3 is 10.2 Å². The lowest BCUT2D eigenvalue weighted by Gasteiger charge is -2.30. The zero-order chi connectivity index (χ0) is 11.5. The number of anilines is 1. The van der Waals surface area contributed by atoms with Gasteiger partial charge in [-0.15, -0.1) is 0 Å². The topological polar surface area (TPSA) is 58.4 Å². The number of hydrogen-bond acceptors (Lipinski definition) is 4.